The monoisotopic (exact) mass is 317 g/mol. The first-order valence-electron chi connectivity index (χ1n) is 7.55. The van der Waals surface area contributed by atoms with E-state index in [0.29, 0.717) is 11.6 Å². The Bertz CT molecular complexity index is 681. The topological polar surface area (TPSA) is 76.4 Å². The summed E-state index contributed by atoms with van der Waals surface area (Å²) in [5.41, 5.74) is 2.16. The molecule has 0 fully saturated rings. The van der Waals surface area contributed by atoms with Crippen LogP contribution in [-0.2, 0) is 4.79 Å². The highest BCUT2D eigenvalue weighted by Crippen LogP contribution is 2.26. The van der Waals surface area contributed by atoms with Crippen molar-refractivity contribution in [3.8, 4) is 5.75 Å². The maximum Gasteiger partial charge on any atom is 0.242 e. The summed E-state index contributed by atoms with van der Waals surface area (Å²) in [6.07, 6.45) is 0. The van der Waals surface area contributed by atoms with Crippen molar-refractivity contribution < 1.29 is 14.1 Å². The largest absolute Gasteiger partial charge is 0.496 e. The Balaban J connectivity index is 2.02. The number of anilines is 1. The summed E-state index contributed by atoms with van der Waals surface area (Å²) in [4.78, 5) is 12.2. The third-order valence-corrected chi connectivity index (χ3v) is 3.62. The van der Waals surface area contributed by atoms with Gasteiger partial charge in [-0.2, -0.15) is 0 Å². The maximum atomic E-state index is 12.2. The molecule has 0 saturated heterocycles. The molecule has 0 spiro atoms. The van der Waals surface area contributed by atoms with Gasteiger partial charge in [0.1, 0.15) is 11.5 Å². The van der Waals surface area contributed by atoms with Crippen molar-refractivity contribution in [3.63, 3.8) is 0 Å². The molecule has 0 aliphatic heterocycles. The van der Waals surface area contributed by atoms with Gasteiger partial charge in [0.25, 0.3) is 0 Å². The zero-order valence-corrected chi connectivity index (χ0v) is 14.1. The van der Waals surface area contributed by atoms with Crippen LogP contribution in [0.15, 0.2) is 28.8 Å². The Labute approximate surface area is 136 Å². The molecule has 0 radical (unpaired) electrons. The van der Waals surface area contributed by atoms with Crippen molar-refractivity contribution in [1.82, 2.24) is 10.5 Å². The lowest BCUT2D eigenvalue weighted by molar-refractivity contribution is -0.118. The van der Waals surface area contributed by atoms with E-state index < -0.39 is 6.04 Å². The van der Waals surface area contributed by atoms with Crippen molar-refractivity contribution in [2.75, 3.05) is 12.4 Å². The Morgan fingerprint density at radius 3 is 2.61 bits per heavy atom. The fourth-order valence-corrected chi connectivity index (χ4v) is 2.39. The highest BCUT2D eigenvalue weighted by Gasteiger charge is 2.19. The Hall–Kier alpha value is -2.34. The van der Waals surface area contributed by atoms with Crippen molar-refractivity contribution in [1.29, 1.82) is 0 Å². The van der Waals surface area contributed by atoms with Gasteiger partial charge in [-0.3, -0.25) is 10.1 Å². The van der Waals surface area contributed by atoms with Gasteiger partial charge in [-0.05, 0) is 33.8 Å². The summed E-state index contributed by atoms with van der Waals surface area (Å²) in [6.45, 7) is 7.61. The Morgan fingerprint density at radius 2 is 2.00 bits per heavy atom. The van der Waals surface area contributed by atoms with E-state index in [4.69, 9.17) is 9.26 Å². The molecule has 1 aromatic heterocycles. The number of hydrogen-bond donors (Lipinski definition) is 2. The lowest BCUT2D eigenvalue weighted by atomic mass is 10.0. The number of carbonyl (C=O) groups is 1. The van der Waals surface area contributed by atoms with E-state index in [1.807, 2.05) is 26.0 Å². The summed E-state index contributed by atoms with van der Waals surface area (Å²) in [7, 11) is 1.64. The second-order valence-corrected chi connectivity index (χ2v) is 5.67. The molecular weight excluding hydrogens is 294 g/mol. The molecule has 23 heavy (non-hydrogen) atoms. The minimum atomic E-state index is -0.396. The lowest BCUT2D eigenvalue weighted by Crippen LogP contribution is -2.39. The van der Waals surface area contributed by atoms with Crippen LogP contribution in [0.2, 0.25) is 0 Å². The average Bonchev–Trinajstić information content (AvgIpc) is 2.92. The quantitative estimate of drug-likeness (QED) is 0.856. The number of rotatable bonds is 6. The van der Waals surface area contributed by atoms with Crippen LogP contribution in [-0.4, -0.2) is 24.2 Å². The average molecular weight is 317 g/mol. The van der Waals surface area contributed by atoms with E-state index in [2.05, 4.69) is 21.9 Å². The van der Waals surface area contributed by atoms with Gasteiger partial charge in [-0.1, -0.05) is 22.9 Å². The van der Waals surface area contributed by atoms with Crippen LogP contribution in [0.25, 0.3) is 0 Å². The zero-order chi connectivity index (χ0) is 17.0. The van der Waals surface area contributed by atoms with Crippen LogP contribution < -0.4 is 15.4 Å². The number of hydrogen-bond acceptors (Lipinski definition) is 5. The SMILES string of the molecule is COc1ccc(C)cc1[C@H](C)N[C@@H](C)C(=O)Nc1cc(C)on1. The third-order valence-electron chi connectivity index (χ3n) is 3.62. The number of aromatic nitrogens is 1. The zero-order valence-electron chi connectivity index (χ0n) is 14.1. The summed E-state index contributed by atoms with van der Waals surface area (Å²) >= 11 is 0. The molecule has 1 heterocycles. The molecule has 6 nitrogen and oxygen atoms in total. The van der Waals surface area contributed by atoms with Crippen LogP contribution in [0.3, 0.4) is 0 Å². The van der Waals surface area contributed by atoms with Crippen LogP contribution >= 0.6 is 0 Å². The van der Waals surface area contributed by atoms with Crippen LogP contribution in [0.5, 0.6) is 5.75 Å². The first-order chi connectivity index (χ1) is 10.9. The summed E-state index contributed by atoms with van der Waals surface area (Å²) < 4.78 is 10.3. The number of ether oxygens (including phenoxy) is 1. The molecular formula is C17H23N3O3. The molecule has 0 saturated carbocycles. The number of nitrogens with one attached hydrogen (secondary N) is 2. The van der Waals surface area contributed by atoms with Gasteiger partial charge in [0, 0.05) is 17.7 Å². The van der Waals surface area contributed by atoms with Crippen LogP contribution in [0.1, 0.15) is 36.8 Å². The number of methoxy groups -OCH3 is 1. The summed E-state index contributed by atoms with van der Waals surface area (Å²) in [5.74, 6) is 1.70. The highest BCUT2D eigenvalue weighted by molar-refractivity contribution is 5.93. The summed E-state index contributed by atoms with van der Waals surface area (Å²) in [5, 5.41) is 9.76. The molecule has 6 heteroatoms. The Kier molecular flexibility index (Phi) is 5.39. The second-order valence-electron chi connectivity index (χ2n) is 5.67. The predicted molar refractivity (Wildman–Crippen MR) is 88.6 cm³/mol. The number of carbonyl (C=O) groups excluding carboxylic acids is 1. The third kappa shape index (κ3) is 4.32. The van der Waals surface area contributed by atoms with Gasteiger partial charge in [0.05, 0.1) is 13.2 Å². The van der Waals surface area contributed by atoms with Crippen LogP contribution in [0.4, 0.5) is 5.82 Å². The molecule has 124 valence electrons. The van der Waals surface area contributed by atoms with Crippen LogP contribution in [0, 0.1) is 13.8 Å². The minimum absolute atomic E-state index is 0.0374. The van der Waals surface area contributed by atoms with E-state index in [0.717, 1.165) is 16.9 Å². The van der Waals surface area contributed by atoms with Crippen molar-refractivity contribution >= 4 is 11.7 Å². The number of benzene rings is 1. The van der Waals surface area contributed by atoms with E-state index >= 15 is 0 Å². The molecule has 2 N–H and O–H groups in total. The number of aryl methyl sites for hydroxylation is 2. The van der Waals surface area contributed by atoms with Crippen molar-refractivity contribution in [2.24, 2.45) is 0 Å². The molecule has 2 atom stereocenters. The molecule has 0 aliphatic rings. The molecule has 2 rings (SSSR count). The Morgan fingerprint density at radius 1 is 1.26 bits per heavy atom. The summed E-state index contributed by atoms with van der Waals surface area (Å²) in [6, 6.07) is 7.24. The normalized spacial score (nSPS) is 13.4. The molecule has 0 unspecified atom stereocenters. The van der Waals surface area contributed by atoms with E-state index in [1.54, 1.807) is 27.0 Å². The minimum Gasteiger partial charge on any atom is -0.496 e. The fourth-order valence-electron chi connectivity index (χ4n) is 2.39. The molecule has 0 aliphatic carbocycles. The van der Waals surface area contributed by atoms with Gasteiger partial charge in [0.15, 0.2) is 5.82 Å². The lowest BCUT2D eigenvalue weighted by Gasteiger charge is -2.21. The van der Waals surface area contributed by atoms with E-state index in [1.165, 1.54) is 0 Å². The smallest absolute Gasteiger partial charge is 0.242 e. The maximum absolute atomic E-state index is 12.2. The van der Waals surface area contributed by atoms with Gasteiger partial charge in [0.2, 0.25) is 5.91 Å². The van der Waals surface area contributed by atoms with Gasteiger partial charge in [-0.15, -0.1) is 0 Å². The fraction of sp³-hybridized carbons (Fsp3) is 0.412. The van der Waals surface area contributed by atoms with E-state index in [-0.39, 0.29) is 11.9 Å². The number of nitrogens with zero attached hydrogens (tertiary/aromatic N) is 1. The standard InChI is InChI=1S/C17H23N3O3/c1-10-6-7-15(22-5)14(8-10)12(3)18-13(4)17(21)19-16-9-11(2)23-20-16/h6-9,12-13,18H,1-5H3,(H,19,20,21)/t12-,13-/m0/s1. The molecule has 0 bridgehead atoms. The van der Waals surface area contributed by atoms with Gasteiger partial charge in [-0.25, -0.2) is 0 Å². The first-order valence-corrected chi connectivity index (χ1v) is 7.55. The highest BCUT2D eigenvalue weighted by atomic mass is 16.5. The van der Waals surface area contributed by atoms with E-state index in [9.17, 15) is 4.79 Å². The molecule has 1 aromatic carbocycles. The number of amides is 1. The first kappa shape index (κ1) is 17.0. The molecule has 2 aromatic rings. The van der Waals surface area contributed by atoms with Gasteiger partial charge < -0.3 is 14.6 Å². The van der Waals surface area contributed by atoms with Crippen molar-refractivity contribution in [3.05, 3.63) is 41.2 Å². The van der Waals surface area contributed by atoms with Crippen molar-refractivity contribution in [2.45, 2.75) is 39.8 Å². The van der Waals surface area contributed by atoms with Gasteiger partial charge >= 0.3 is 0 Å². The second kappa shape index (κ2) is 7.28. The predicted octanol–water partition coefficient (Wildman–Crippen LogP) is 2.98. The molecule has 1 amide bonds.